The summed E-state index contributed by atoms with van der Waals surface area (Å²) in [5, 5.41) is 1.48. The number of nitrogens with zero attached hydrogens (tertiary/aromatic N) is 3. The first-order valence-corrected chi connectivity index (χ1v) is 5.67. The third kappa shape index (κ3) is 1.11. The maximum Gasteiger partial charge on any atom is 0.332 e. The van der Waals surface area contributed by atoms with E-state index < -0.39 is 0 Å². The molecule has 3 aromatic rings. The van der Waals surface area contributed by atoms with E-state index in [4.69, 9.17) is 0 Å². The van der Waals surface area contributed by atoms with Crippen LogP contribution in [0, 0.1) is 0 Å². The zero-order valence-corrected chi connectivity index (χ0v) is 10.5. The molecule has 0 aliphatic carbocycles. The fraction of sp³-hybridized carbons (Fsp3) is 0.231. The molecule has 0 saturated heterocycles. The van der Waals surface area contributed by atoms with Gasteiger partial charge in [-0.15, -0.1) is 0 Å². The van der Waals surface area contributed by atoms with Crippen LogP contribution in [0.25, 0.3) is 21.9 Å². The highest BCUT2D eigenvalue weighted by Gasteiger charge is 2.16. The van der Waals surface area contributed by atoms with E-state index in [2.05, 4.69) is 0 Å². The molecule has 0 aliphatic rings. The summed E-state index contributed by atoms with van der Waals surface area (Å²) in [6.07, 6.45) is 0. The van der Waals surface area contributed by atoms with Gasteiger partial charge in [-0.25, -0.2) is 4.79 Å². The molecule has 0 radical (unpaired) electrons. The minimum atomic E-state index is -0.307. The quantitative estimate of drug-likeness (QED) is 0.584. The van der Waals surface area contributed by atoms with E-state index in [1.165, 1.54) is 11.6 Å². The molecule has 0 amide bonds. The molecule has 0 bridgehead atoms. The lowest BCUT2D eigenvalue weighted by molar-refractivity contribution is 0.700. The van der Waals surface area contributed by atoms with Gasteiger partial charge in [-0.3, -0.25) is 13.9 Å². The normalized spacial score (nSPS) is 11.5. The van der Waals surface area contributed by atoms with Crippen molar-refractivity contribution in [3.05, 3.63) is 45.1 Å². The van der Waals surface area contributed by atoms with Crippen LogP contribution in [0.3, 0.4) is 0 Å². The summed E-state index contributed by atoms with van der Waals surface area (Å²) in [7, 11) is 5.05. The fourth-order valence-corrected chi connectivity index (χ4v) is 2.55. The Labute approximate surface area is 102 Å². The van der Waals surface area contributed by atoms with Crippen LogP contribution in [0.2, 0.25) is 0 Å². The first-order valence-electron chi connectivity index (χ1n) is 5.67. The van der Waals surface area contributed by atoms with Gasteiger partial charge < -0.3 is 4.57 Å². The molecular formula is C13H13N3O2. The van der Waals surface area contributed by atoms with E-state index in [1.807, 2.05) is 35.9 Å². The van der Waals surface area contributed by atoms with Crippen LogP contribution in [0.15, 0.2) is 33.9 Å². The molecular weight excluding hydrogens is 230 g/mol. The van der Waals surface area contributed by atoms with Gasteiger partial charge in [0.2, 0.25) is 0 Å². The summed E-state index contributed by atoms with van der Waals surface area (Å²) >= 11 is 0. The second-order valence-corrected chi connectivity index (χ2v) is 4.48. The van der Waals surface area contributed by atoms with Crippen molar-refractivity contribution in [2.24, 2.45) is 21.1 Å². The Kier molecular flexibility index (Phi) is 2.02. The number of hydrogen-bond donors (Lipinski definition) is 0. The summed E-state index contributed by atoms with van der Waals surface area (Å²) in [5.41, 5.74) is 1.05. The van der Waals surface area contributed by atoms with Crippen LogP contribution in [0.1, 0.15) is 0 Å². The summed E-state index contributed by atoms with van der Waals surface area (Å²) in [6.45, 7) is 0. The molecule has 18 heavy (non-hydrogen) atoms. The first-order chi connectivity index (χ1) is 8.54. The Morgan fingerprint density at radius 3 is 2.28 bits per heavy atom. The molecule has 3 rings (SSSR count). The maximum atomic E-state index is 12.3. The summed E-state index contributed by atoms with van der Waals surface area (Å²) < 4.78 is 4.54. The predicted octanol–water partition coefficient (Wildman–Crippen LogP) is 0.729. The minimum absolute atomic E-state index is 0.245. The lowest BCUT2D eigenvalue weighted by Crippen LogP contribution is -2.37. The average Bonchev–Trinajstić information content (AvgIpc) is 2.68. The van der Waals surface area contributed by atoms with Crippen LogP contribution in [0.5, 0.6) is 0 Å². The molecule has 0 spiro atoms. The lowest BCUT2D eigenvalue weighted by Gasteiger charge is -2.05. The van der Waals surface area contributed by atoms with Gasteiger partial charge in [0, 0.05) is 26.5 Å². The van der Waals surface area contributed by atoms with Gasteiger partial charge in [0.25, 0.3) is 5.56 Å². The van der Waals surface area contributed by atoms with E-state index >= 15 is 0 Å². The molecule has 0 fully saturated rings. The molecule has 1 aromatic carbocycles. The van der Waals surface area contributed by atoms with Crippen LogP contribution < -0.4 is 11.2 Å². The Morgan fingerprint density at radius 2 is 1.56 bits per heavy atom. The number of para-hydroxylation sites is 1. The van der Waals surface area contributed by atoms with Crippen molar-refractivity contribution >= 4 is 21.9 Å². The zero-order chi connectivity index (χ0) is 13.0. The van der Waals surface area contributed by atoms with Gasteiger partial charge in [-0.2, -0.15) is 0 Å². The summed E-state index contributed by atoms with van der Waals surface area (Å²) in [5.74, 6) is 0. The van der Waals surface area contributed by atoms with Gasteiger partial charge in [0.1, 0.15) is 5.65 Å². The number of benzene rings is 1. The van der Waals surface area contributed by atoms with Crippen molar-refractivity contribution in [2.45, 2.75) is 0 Å². The fourth-order valence-electron chi connectivity index (χ4n) is 2.55. The van der Waals surface area contributed by atoms with Crippen LogP contribution >= 0.6 is 0 Å². The van der Waals surface area contributed by atoms with E-state index in [1.54, 1.807) is 7.05 Å². The molecule has 5 nitrogen and oxygen atoms in total. The standard InChI is InChI=1S/C13H13N3O2/c1-14-9-7-5-4-6-8(9)10-11(14)15(2)13(18)16(3)12(10)17/h4-7H,1-3H3. The highest BCUT2D eigenvalue weighted by molar-refractivity contribution is 6.06. The summed E-state index contributed by atoms with van der Waals surface area (Å²) in [4.78, 5) is 24.2. The third-order valence-electron chi connectivity index (χ3n) is 3.49. The molecule has 0 aliphatic heterocycles. The Hall–Kier alpha value is -2.30. The molecule has 92 valence electrons. The van der Waals surface area contributed by atoms with Crippen LogP contribution in [-0.4, -0.2) is 13.7 Å². The van der Waals surface area contributed by atoms with Crippen LogP contribution in [-0.2, 0) is 21.1 Å². The van der Waals surface area contributed by atoms with Gasteiger partial charge in [-0.05, 0) is 6.07 Å². The minimum Gasteiger partial charge on any atom is -0.329 e. The summed E-state index contributed by atoms with van der Waals surface area (Å²) in [6, 6.07) is 7.67. The van der Waals surface area contributed by atoms with Gasteiger partial charge in [0.15, 0.2) is 0 Å². The molecule has 0 N–H and O–H groups in total. The van der Waals surface area contributed by atoms with Crippen molar-refractivity contribution in [3.63, 3.8) is 0 Å². The number of hydrogen-bond acceptors (Lipinski definition) is 2. The highest BCUT2D eigenvalue weighted by atomic mass is 16.2. The van der Waals surface area contributed by atoms with Crippen molar-refractivity contribution in [1.29, 1.82) is 0 Å². The van der Waals surface area contributed by atoms with Gasteiger partial charge >= 0.3 is 5.69 Å². The second kappa shape index (κ2) is 3.35. The van der Waals surface area contributed by atoms with Crippen molar-refractivity contribution in [1.82, 2.24) is 13.7 Å². The lowest BCUT2D eigenvalue weighted by atomic mass is 10.2. The van der Waals surface area contributed by atoms with E-state index in [-0.39, 0.29) is 11.2 Å². The number of aryl methyl sites for hydroxylation is 2. The smallest absolute Gasteiger partial charge is 0.329 e. The number of rotatable bonds is 0. The predicted molar refractivity (Wildman–Crippen MR) is 70.9 cm³/mol. The molecule has 0 atom stereocenters. The topological polar surface area (TPSA) is 48.9 Å². The second-order valence-electron chi connectivity index (χ2n) is 4.48. The van der Waals surface area contributed by atoms with Gasteiger partial charge in [0.05, 0.1) is 10.9 Å². The monoisotopic (exact) mass is 243 g/mol. The largest absolute Gasteiger partial charge is 0.332 e. The van der Waals surface area contributed by atoms with Crippen molar-refractivity contribution < 1.29 is 0 Å². The highest BCUT2D eigenvalue weighted by Crippen LogP contribution is 2.23. The van der Waals surface area contributed by atoms with E-state index in [0.29, 0.717) is 11.0 Å². The molecule has 2 heterocycles. The molecule has 0 saturated carbocycles. The van der Waals surface area contributed by atoms with Crippen molar-refractivity contribution in [2.75, 3.05) is 0 Å². The Bertz CT molecular complexity index is 896. The SMILES string of the molecule is Cn1c(=O)c2c3ccccc3n(C)c2n(C)c1=O. The third-order valence-corrected chi connectivity index (χ3v) is 3.49. The molecule has 2 aromatic heterocycles. The van der Waals surface area contributed by atoms with E-state index in [0.717, 1.165) is 15.5 Å². The molecule has 5 heteroatoms. The maximum absolute atomic E-state index is 12.3. The van der Waals surface area contributed by atoms with Crippen LogP contribution in [0.4, 0.5) is 0 Å². The van der Waals surface area contributed by atoms with Gasteiger partial charge in [-0.1, -0.05) is 18.2 Å². The Morgan fingerprint density at radius 1 is 0.889 bits per heavy atom. The first kappa shape index (κ1) is 10.8. The number of fused-ring (bicyclic) bond motifs is 3. The van der Waals surface area contributed by atoms with Crippen molar-refractivity contribution in [3.8, 4) is 0 Å². The van der Waals surface area contributed by atoms with E-state index in [9.17, 15) is 9.59 Å². The zero-order valence-electron chi connectivity index (χ0n) is 10.5. The average molecular weight is 243 g/mol. The molecule has 0 unspecified atom stereocenters. The Balaban J connectivity index is 2.83. The number of aromatic nitrogens is 3.